The summed E-state index contributed by atoms with van der Waals surface area (Å²) in [4.78, 5) is 11.9. The third kappa shape index (κ3) is 3.19. The molecule has 0 saturated heterocycles. The fourth-order valence-corrected chi connectivity index (χ4v) is 1.58. The quantitative estimate of drug-likeness (QED) is 0.301. The van der Waals surface area contributed by atoms with E-state index in [9.17, 15) is 4.79 Å². The molecule has 0 spiro atoms. The lowest BCUT2D eigenvalue weighted by Gasteiger charge is -2.06. The van der Waals surface area contributed by atoms with Crippen LogP contribution in [0.15, 0.2) is 59.8 Å². The molecule has 0 radical (unpaired) electrons. The fourth-order valence-electron chi connectivity index (χ4n) is 1.58. The van der Waals surface area contributed by atoms with Crippen molar-refractivity contribution in [3.05, 3.63) is 65.7 Å². The molecule has 96 valence electrons. The van der Waals surface area contributed by atoms with Crippen LogP contribution in [0, 0.1) is 0 Å². The van der Waals surface area contributed by atoms with Gasteiger partial charge in [0.25, 0.3) is 0 Å². The van der Waals surface area contributed by atoms with E-state index in [-0.39, 0.29) is 0 Å². The van der Waals surface area contributed by atoms with E-state index in [4.69, 9.17) is 9.94 Å². The van der Waals surface area contributed by atoms with Crippen LogP contribution in [0.1, 0.15) is 22.8 Å². The van der Waals surface area contributed by atoms with Crippen molar-refractivity contribution in [2.24, 2.45) is 5.16 Å². The number of benzene rings is 2. The Morgan fingerprint density at radius 2 is 1.74 bits per heavy atom. The van der Waals surface area contributed by atoms with Gasteiger partial charge >= 0.3 is 5.97 Å². The smallest absolute Gasteiger partial charge is 0.343 e. The van der Waals surface area contributed by atoms with E-state index in [1.165, 1.54) is 0 Å². The van der Waals surface area contributed by atoms with Crippen LogP contribution in [-0.2, 0) is 0 Å². The van der Waals surface area contributed by atoms with E-state index in [1.807, 2.05) is 6.07 Å². The van der Waals surface area contributed by atoms with Gasteiger partial charge in [-0.2, -0.15) is 0 Å². The van der Waals surface area contributed by atoms with Gasteiger partial charge in [-0.1, -0.05) is 35.5 Å². The van der Waals surface area contributed by atoms with E-state index in [2.05, 4.69) is 5.16 Å². The first-order valence-corrected chi connectivity index (χ1v) is 5.77. The molecule has 0 atom stereocenters. The highest BCUT2D eigenvalue weighted by Gasteiger charge is 2.08. The maximum Gasteiger partial charge on any atom is 0.343 e. The molecule has 0 aromatic heterocycles. The Balaban J connectivity index is 2.18. The first kappa shape index (κ1) is 12.8. The van der Waals surface area contributed by atoms with Gasteiger partial charge in [0, 0.05) is 5.56 Å². The van der Waals surface area contributed by atoms with Crippen molar-refractivity contribution >= 4 is 11.7 Å². The SMILES string of the molecule is C/C(=N\O)c1cccc(OC(=O)c2ccccc2)c1. The average Bonchev–Trinajstić information content (AvgIpc) is 2.47. The number of carbonyl (C=O) groups is 1. The number of rotatable bonds is 3. The Labute approximate surface area is 111 Å². The Bertz CT molecular complexity index is 606. The summed E-state index contributed by atoms with van der Waals surface area (Å²) in [5.74, 6) is -0.00862. The van der Waals surface area contributed by atoms with Crippen LogP contribution in [0.4, 0.5) is 0 Å². The molecule has 0 aliphatic carbocycles. The summed E-state index contributed by atoms with van der Waals surface area (Å²) < 4.78 is 5.26. The summed E-state index contributed by atoms with van der Waals surface area (Å²) in [7, 11) is 0. The predicted molar refractivity (Wildman–Crippen MR) is 71.8 cm³/mol. The lowest BCUT2D eigenvalue weighted by atomic mass is 10.1. The van der Waals surface area contributed by atoms with Gasteiger partial charge < -0.3 is 9.94 Å². The lowest BCUT2D eigenvalue weighted by molar-refractivity contribution is 0.0735. The largest absolute Gasteiger partial charge is 0.423 e. The van der Waals surface area contributed by atoms with E-state index in [1.54, 1.807) is 55.5 Å². The maximum atomic E-state index is 11.9. The van der Waals surface area contributed by atoms with Crippen LogP contribution in [-0.4, -0.2) is 16.9 Å². The molecule has 2 aromatic carbocycles. The molecule has 0 unspecified atom stereocenters. The Hall–Kier alpha value is -2.62. The molecule has 0 saturated carbocycles. The van der Waals surface area contributed by atoms with Crippen LogP contribution in [0.3, 0.4) is 0 Å². The van der Waals surface area contributed by atoms with Gasteiger partial charge in [0.15, 0.2) is 0 Å². The summed E-state index contributed by atoms with van der Waals surface area (Å²) in [6.07, 6.45) is 0. The van der Waals surface area contributed by atoms with E-state index in [0.29, 0.717) is 22.6 Å². The Morgan fingerprint density at radius 1 is 1.05 bits per heavy atom. The Morgan fingerprint density at radius 3 is 2.42 bits per heavy atom. The van der Waals surface area contributed by atoms with Crippen molar-refractivity contribution in [3.63, 3.8) is 0 Å². The number of hydrogen-bond donors (Lipinski definition) is 1. The van der Waals surface area contributed by atoms with Crippen molar-refractivity contribution in [2.75, 3.05) is 0 Å². The topological polar surface area (TPSA) is 58.9 Å². The molecule has 2 rings (SSSR count). The molecule has 0 aliphatic heterocycles. The van der Waals surface area contributed by atoms with E-state index < -0.39 is 5.97 Å². The minimum atomic E-state index is -0.420. The van der Waals surface area contributed by atoms with Crippen molar-refractivity contribution in [1.29, 1.82) is 0 Å². The molecule has 0 fully saturated rings. The number of esters is 1. The molecule has 0 aliphatic rings. The molecule has 0 bridgehead atoms. The second-order valence-corrected chi connectivity index (χ2v) is 3.97. The monoisotopic (exact) mass is 255 g/mol. The third-order valence-corrected chi connectivity index (χ3v) is 2.62. The molecular formula is C15H13NO3. The molecule has 4 nitrogen and oxygen atoms in total. The van der Waals surface area contributed by atoms with Crippen LogP contribution in [0.5, 0.6) is 5.75 Å². The number of ether oxygens (including phenoxy) is 1. The van der Waals surface area contributed by atoms with Crippen LogP contribution in [0.2, 0.25) is 0 Å². The average molecular weight is 255 g/mol. The van der Waals surface area contributed by atoms with Gasteiger partial charge in [-0.25, -0.2) is 4.79 Å². The molecule has 0 heterocycles. The fraction of sp³-hybridized carbons (Fsp3) is 0.0667. The number of hydrogen-bond acceptors (Lipinski definition) is 4. The summed E-state index contributed by atoms with van der Waals surface area (Å²) in [5.41, 5.74) is 1.64. The normalized spacial score (nSPS) is 11.1. The summed E-state index contributed by atoms with van der Waals surface area (Å²) >= 11 is 0. The number of oxime groups is 1. The zero-order valence-corrected chi connectivity index (χ0v) is 10.4. The summed E-state index contributed by atoms with van der Waals surface area (Å²) in [6, 6.07) is 15.6. The summed E-state index contributed by atoms with van der Waals surface area (Å²) in [5, 5.41) is 11.8. The van der Waals surface area contributed by atoms with Gasteiger partial charge in [-0.05, 0) is 31.2 Å². The second kappa shape index (κ2) is 5.82. The van der Waals surface area contributed by atoms with Gasteiger partial charge in [0.1, 0.15) is 5.75 Å². The van der Waals surface area contributed by atoms with Gasteiger partial charge in [-0.15, -0.1) is 0 Å². The van der Waals surface area contributed by atoms with Crippen LogP contribution < -0.4 is 4.74 Å². The summed E-state index contributed by atoms with van der Waals surface area (Å²) in [6.45, 7) is 1.66. The van der Waals surface area contributed by atoms with E-state index >= 15 is 0 Å². The van der Waals surface area contributed by atoms with Gasteiger partial charge in [-0.3, -0.25) is 0 Å². The minimum Gasteiger partial charge on any atom is -0.423 e. The highest BCUT2D eigenvalue weighted by molar-refractivity contribution is 5.98. The van der Waals surface area contributed by atoms with Crippen LogP contribution in [0.25, 0.3) is 0 Å². The van der Waals surface area contributed by atoms with Crippen molar-refractivity contribution in [1.82, 2.24) is 0 Å². The lowest BCUT2D eigenvalue weighted by Crippen LogP contribution is -2.08. The zero-order valence-electron chi connectivity index (χ0n) is 10.4. The second-order valence-electron chi connectivity index (χ2n) is 3.97. The highest BCUT2D eigenvalue weighted by Crippen LogP contribution is 2.16. The third-order valence-electron chi connectivity index (χ3n) is 2.62. The molecule has 4 heteroatoms. The van der Waals surface area contributed by atoms with Crippen molar-refractivity contribution in [3.8, 4) is 5.75 Å². The van der Waals surface area contributed by atoms with Gasteiger partial charge in [0.05, 0.1) is 11.3 Å². The van der Waals surface area contributed by atoms with Crippen molar-refractivity contribution < 1.29 is 14.7 Å². The standard InChI is InChI=1S/C15H13NO3/c1-11(16-18)13-8-5-9-14(10-13)19-15(17)12-6-3-2-4-7-12/h2-10,18H,1H3/b16-11+. The first-order chi connectivity index (χ1) is 9.20. The molecule has 0 amide bonds. The minimum absolute atomic E-state index is 0.411. The zero-order chi connectivity index (χ0) is 13.7. The van der Waals surface area contributed by atoms with Crippen molar-refractivity contribution in [2.45, 2.75) is 6.92 Å². The maximum absolute atomic E-state index is 11.9. The molecule has 19 heavy (non-hydrogen) atoms. The number of carbonyl (C=O) groups excluding carboxylic acids is 1. The Kier molecular flexibility index (Phi) is 3.93. The highest BCUT2D eigenvalue weighted by atomic mass is 16.5. The molecular weight excluding hydrogens is 242 g/mol. The molecule has 1 N–H and O–H groups in total. The van der Waals surface area contributed by atoms with Gasteiger partial charge in [0.2, 0.25) is 0 Å². The van der Waals surface area contributed by atoms with Crippen LogP contribution >= 0.6 is 0 Å². The predicted octanol–water partition coefficient (Wildman–Crippen LogP) is 3.10. The molecule has 2 aromatic rings. The number of nitrogens with zero attached hydrogens (tertiary/aromatic N) is 1. The first-order valence-electron chi connectivity index (χ1n) is 5.77. The van der Waals surface area contributed by atoms with E-state index in [0.717, 1.165) is 0 Å².